The lowest BCUT2D eigenvalue weighted by Gasteiger charge is -2.41. The molecule has 1 aliphatic heterocycles. The van der Waals surface area contributed by atoms with Gasteiger partial charge in [0, 0.05) is 17.8 Å². The van der Waals surface area contributed by atoms with Crippen molar-refractivity contribution in [3.8, 4) is 5.75 Å². The number of nitrogens with one attached hydrogen (secondary N) is 2. The van der Waals surface area contributed by atoms with Crippen LogP contribution in [0.1, 0.15) is 29.9 Å². The highest BCUT2D eigenvalue weighted by molar-refractivity contribution is 7.80. The van der Waals surface area contributed by atoms with Crippen LogP contribution in [0.2, 0.25) is 0 Å². The van der Waals surface area contributed by atoms with Crippen molar-refractivity contribution in [3.05, 3.63) is 77.9 Å². The quantitative estimate of drug-likeness (QED) is 0.541. The van der Waals surface area contributed by atoms with Gasteiger partial charge < -0.3 is 25.0 Å². The van der Waals surface area contributed by atoms with Crippen LogP contribution in [0, 0.1) is 0 Å². The summed E-state index contributed by atoms with van der Waals surface area (Å²) in [5, 5.41) is 13.5. The van der Waals surface area contributed by atoms with Crippen LogP contribution in [-0.2, 0) is 11.2 Å². The number of carboxylic acids is 1. The van der Waals surface area contributed by atoms with Gasteiger partial charge in [0.15, 0.2) is 5.11 Å². The smallest absolute Gasteiger partial charge is 0.326 e. The number of aromatic amines is 1. The lowest BCUT2D eigenvalue weighted by atomic mass is 9.91. The molecule has 8 heteroatoms. The number of aromatic nitrogens is 2. The number of benzene rings is 2. The molecule has 4 rings (SSSR count). The second-order valence-electron chi connectivity index (χ2n) is 6.93. The highest BCUT2D eigenvalue weighted by atomic mass is 32.1. The predicted molar refractivity (Wildman–Crippen MR) is 118 cm³/mol. The van der Waals surface area contributed by atoms with Gasteiger partial charge in [-0.1, -0.05) is 30.3 Å². The average molecular weight is 423 g/mol. The number of imidazole rings is 1. The van der Waals surface area contributed by atoms with E-state index >= 15 is 0 Å². The number of anilines is 1. The Morgan fingerprint density at radius 3 is 2.67 bits per heavy atom. The lowest BCUT2D eigenvalue weighted by Crippen LogP contribution is -2.53. The Hall–Kier alpha value is -3.39. The number of nitrogens with zero attached hydrogens (tertiary/aromatic N) is 2. The van der Waals surface area contributed by atoms with Crippen LogP contribution in [0.5, 0.6) is 5.75 Å². The van der Waals surface area contributed by atoms with Gasteiger partial charge in [0.1, 0.15) is 17.8 Å². The fourth-order valence-corrected chi connectivity index (χ4v) is 4.09. The van der Waals surface area contributed by atoms with Gasteiger partial charge in [-0.2, -0.15) is 0 Å². The van der Waals surface area contributed by atoms with Crippen LogP contribution in [0.4, 0.5) is 5.69 Å². The van der Waals surface area contributed by atoms with Crippen molar-refractivity contribution in [2.45, 2.75) is 25.4 Å². The van der Waals surface area contributed by atoms with Crippen molar-refractivity contribution in [1.29, 1.82) is 0 Å². The van der Waals surface area contributed by atoms with Crippen LogP contribution < -0.4 is 10.1 Å². The maximum atomic E-state index is 12.2. The number of hydrogen-bond donors (Lipinski definition) is 3. The first-order valence-electron chi connectivity index (χ1n) is 9.70. The summed E-state index contributed by atoms with van der Waals surface area (Å²) < 4.78 is 5.48. The number of fused-ring (bicyclic) bond motifs is 1. The molecule has 0 bridgehead atoms. The monoisotopic (exact) mass is 422 g/mol. The molecule has 2 atom stereocenters. The number of ether oxygens (including phenoxy) is 1. The Labute approximate surface area is 179 Å². The van der Waals surface area contributed by atoms with Crippen molar-refractivity contribution in [2.75, 3.05) is 11.9 Å². The van der Waals surface area contributed by atoms with Crippen molar-refractivity contribution in [2.24, 2.45) is 0 Å². The molecule has 154 valence electrons. The number of carboxylic acid groups (broad SMARTS) is 1. The molecule has 7 nitrogen and oxygen atoms in total. The van der Waals surface area contributed by atoms with Crippen LogP contribution in [0.3, 0.4) is 0 Å². The minimum Gasteiger partial charge on any atom is -0.494 e. The van der Waals surface area contributed by atoms with Crippen molar-refractivity contribution in [1.82, 2.24) is 14.9 Å². The molecular weight excluding hydrogens is 400 g/mol. The zero-order valence-corrected chi connectivity index (χ0v) is 17.2. The molecule has 2 heterocycles. The lowest BCUT2D eigenvalue weighted by molar-refractivity contribution is -0.142. The van der Waals surface area contributed by atoms with Gasteiger partial charge in [0.2, 0.25) is 0 Å². The van der Waals surface area contributed by atoms with E-state index in [-0.39, 0.29) is 0 Å². The van der Waals surface area contributed by atoms with E-state index < -0.39 is 18.1 Å². The number of aliphatic carboxylic acids is 1. The number of carbonyl (C=O) groups is 1. The Balaban J connectivity index is 1.69. The number of H-pyrrole nitrogens is 1. The van der Waals surface area contributed by atoms with Gasteiger partial charge in [-0.25, -0.2) is 9.78 Å². The second-order valence-corrected chi connectivity index (χ2v) is 7.32. The fourth-order valence-electron chi connectivity index (χ4n) is 3.74. The summed E-state index contributed by atoms with van der Waals surface area (Å²) in [7, 11) is 0. The molecule has 0 fully saturated rings. The van der Waals surface area contributed by atoms with Crippen molar-refractivity contribution < 1.29 is 14.6 Å². The highest BCUT2D eigenvalue weighted by Crippen LogP contribution is 2.37. The normalized spacial score (nSPS) is 17.8. The van der Waals surface area contributed by atoms with E-state index in [1.54, 1.807) is 11.2 Å². The number of rotatable bonds is 5. The highest BCUT2D eigenvalue weighted by Gasteiger charge is 2.42. The minimum atomic E-state index is -0.938. The molecule has 3 N–H and O–H groups in total. The maximum absolute atomic E-state index is 12.2. The van der Waals surface area contributed by atoms with Crippen molar-refractivity contribution in [3.63, 3.8) is 0 Å². The van der Waals surface area contributed by atoms with E-state index in [0.717, 1.165) is 28.4 Å². The molecule has 0 saturated carbocycles. The first-order chi connectivity index (χ1) is 14.6. The molecule has 3 aromatic rings. The summed E-state index contributed by atoms with van der Waals surface area (Å²) in [6, 6.07) is 15.9. The molecule has 0 unspecified atom stereocenters. The van der Waals surface area contributed by atoms with Crippen LogP contribution in [0.15, 0.2) is 60.9 Å². The molecule has 0 amide bonds. The third kappa shape index (κ3) is 3.86. The Bertz CT molecular complexity index is 1040. The summed E-state index contributed by atoms with van der Waals surface area (Å²) in [6.45, 7) is 2.51. The van der Waals surface area contributed by atoms with Gasteiger partial charge in [-0.3, -0.25) is 0 Å². The van der Waals surface area contributed by atoms with Gasteiger partial charge in [-0.15, -0.1) is 0 Å². The van der Waals surface area contributed by atoms with Gasteiger partial charge in [0.05, 0.1) is 18.6 Å². The summed E-state index contributed by atoms with van der Waals surface area (Å²) in [6.07, 6.45) is 1.89. The molecule has 0 radical (unpaired) electrons. The third-order valence-electron chi connectivity index (χ3n) is 5.07. The summed E-state index contributed by atoms with van der Waals surface area (Å²) in [5.74, 6) is -0.175. The van der Waals surface area contributed by atoms with Crippen molar-refractivity contribution >= 4 is 29.0 Å². The number of thiocarbonyl (C=S) groups is 1. The Morgan fingerprint density at radius 1 is 1.27 bits per heavy atom. The summed E-state index contributed by atoms with van der Waals surface area (Å²) in [5.41, 5.74) is 3.28. The van der Waals surface area contributed by atoms with Crippen LogP contribution in [-0.4, -0.2) is 43.7 Å². The maximum Gasteiger partial charge on any atom is 0.326 e. The van der Waals surface area contributed by atoms with Crippen LogP contribution in [0.25, 0.3) is 0 Å². The van der Waals surface area contributed by atoms with E-state index in [1.807, 2.05) is 61.5 Å². The Kier molecular flexibility index (Phi) is 5.67. The molecule has 1 aromatic heterocycles. The first kappa shape index (κ1) is 19.9. The molecule has 30 heavy (non-hydrogen) atoms. The molecule has 1 aliphatic rings. The van der Waals surface area contributed by atoms with Crippen LogP contribution >= 0.6 is 12.2 Å². The standard InChI is InChI=1S/C22H22N4O3S/c1-2-29-16-10-8-15(9-11-16)25-22(30)26-18(21(27)28)12-17-19(24-13-23-17)20(26)14-6-4-3-5-7-14/h3-11,13,18,20H,2,12H2,1H3,(H,23,24)(H,25,30)(H,27,28)/t18-,20-/m1/s1. The predicted octanol–water partition coefficient (Wildman–Crippen LogP) is 3.61. The van der Waals surface area contributed by atoms with E-state index in [0.29, 0.717) is 18.1 Å². The van der Waals surface area contributed by atoms with E-state index in [1.165, 1.54) is 0 Å². The zero-order valence-electron chi connectivity index (χ0n) is 16.4. The summed E-state index contributed by atoms with van der Waals surface area (Å²) >= 11 is 5.70. The average Bonchev–Trinajstić information content (AvgIpc) is 3.23. The molecular formula is C22H22N4O3S. The third-order valence-corrected chi connectivity index (χ3v) is 5.39. The van der Waals surface area contributed by atoms with E-state index in [4.69, 9.17) is 17.0 Å². The fraction of sp³-hybridized carbons (Fsp3) is 0.227. The SMILES string of the molecule is CCOc1ccc(NC(=S)N2[C@H](c3ccccc3)c3nc[nH]c3C[C@@H]2C(=O)O)cc1. The van der Waals surface area contributed by atoms with Gasteiger partial charge in [-0.05, 0) is 49.0 Å². The topological polar surface area (TPSA) is 90.5 Å². The molecule has 0 aliphatic carbocycles. The Morgan fingerprint density at radius 2 is 2.00 bits per heavy atom. The zero-order chi connectivity index (χ0) is 21.1. The second kappa shape index (κ2) is 8.54. The molecule has 0 saturated heterocycles. The molecule has 2 aromatic carbocycles. The first-order valence-corrected chi connectivity index (χ1v) is 10.1. The molecule has 0 spiro atoms. The largest absolute Gasteiger partial charge is 0.494 e. The summed E-state index contributed by atoms with van der Waals surface area (Å²) in [4.78, 5) is 21.5. The minimum absolute atomic E-state index is 0.291. The van der Waals surface area contributed by atoms with Gasteiger partial charge in [0.25, 0.3) is 0 Å². The van der Waals surface area contributed by atoms with Gasteiger partial charge >= 0.3 is 5.97 Å². The van der Waals surface area contributed by atoms with E-state index in [2.05, 4.69) is 15.3 Å². The van der Waals surface area contributed by atoms with E-state index in [9.17, 15) is 9.90 Å². The number of hydrogen-bond acceptors (Lipinski definition) is 4.